The van der Waals surface area contributed by atoms with Gasteiger partial charge in [0, 0.05) is 16.9 Å². The largest absolute Gasteiger partial charge is 0.430 e. The predicted molar refractivity (Wildman–Crippen MR) is 112 cm³/mol. The van der Waals surface area contributed by atoms with Gasteiger partial charge in [0.15, 0.2) is 11.2 Å². The number of carbonyl (C=O) groups excluding carboxylic acids is 1. The van der Waals surface area contributed by atoms with E-state index in [1.54, 1.807) is 39.0 Å². The van der Waals surface area contributed by atoms with Gasteiger partial charge >= 0.3 is 0 Å². The van der Waals surface area contributed by atoms with Crippen LogP contribution in [0.1, 0.15) is 26.5 Å². The van der Waals surface area contributed by atoms with Gasteiger partial charge in [-0.15, -0.1) is 0 Å². The molecule has 0 radical (unpaired) electrons. The van der Waals surface area contributed by atoms with E-state index in [-0.39, 0.29) is 16.6 Å². The van der Waals surface area contributed by atoms with Crippen LogP contribution in [-0.2, 0) is 14.8 Å². The number of amides is 1. The number of hydrogen-bond acceptors (Lipinski definition) is 7. The quantitative estimate of drug-likeness (QED) is 0.572. The first-order valence-electron chi connectivity index (χ1n) is 8.83. The number of anilines is 1. The lowest BCUT2D eigenvalue weighted by atomic mass is 10.1. The van der Waals surface area contributed by atoms with Gasteiger partial charge in [-0.05, 0) is 64.1 Å². The fraction of sp³-hybridized carbons (Fsp3) is 0.316. The lowest BCUT2D eigenvalue weighted by Gasteiger charge is -2.20. The highest BCUT2D eigenvalue weighted by Gasteiger charge is 2.21. The van der Waals surface area contributed by atoms with Crippen molar-refractivity contribution in [2.24, 2.45) is 0 Å². The number of oxazole rings is 1. The molecule has 0 saturated heterocycles. The Labute approximate surface area is 173 Å². The molecule has 0 unspecified atom stereocenters. The third-order valence-corrected chi connectivity index (χ3v) is 6.19. The van der Waals surface area contributed by atoms with E-state index in [0.717, 1.165) is 17.5 Å². The van der Waals surface area contributed by atoms with E-state index in [4.69, 9.17) is 4.42 Å². The Hall–Kier alpha value is -2.43. The van der Waals surface area contributed by atoms with Crippen molar-refractivity contribution in [2.45, 2.75) is 43.4 Å². The van der Waals surface area contributed by atoms with E-state index in [9.17, 15) is 13.2 Å². The Morgan fingerprint density at radius 3 is 2.45 bits per heavy atom. The van der Waals surface area contributed by atoms with E-state index in [1.807, 2.05) is 13.0 Å². The average Bonchev–Trinajstić information content (AvgIpc) is 3.00. The molecular weight excluding hydrogens is 412 g/mol. The van der Waals surface area contributed by atoms with Crippen molar-refractivity contribution in [1.82, 2.24) is 14.7 Å². The molecule has 1 aromatic carbocycles. The summed E-state index contributed by atoms with van der Waals surface area (Å²) >= 11 is 1.16. The summed E-state index contributed by atoms with van der Waals surface area (Å²) in [5, 5.41) is 3.09. The molecule has 0 aliphatic rings. The Balaban J connectivity index is 1.59. The van der Waals surface area contributed by atoms with Crippen LogP contribution in [0.5, 0.6) is 0 Å². The first-order chi connectivity index (χ1) is 13.5. The Kier molecular flexibility index (Phi) is 5.97. The van der Waals surface area contributed by atoms with E-state index in [2.05, 4.69) is 20.0 Å². The van der Waals surface area contributed by atoms with Gasteiger partial charge in [-0.2, -0.15) is 4.98 Å². The fourth-order valence-corrected chi connectivity index (χ4v) is 4.50. The molecule has 8 nitrogen and oxygen atoms in total. The van der Waals surface area contributed by atoms with Crippen molar-refractivity contribution in [3.05, 3.63) is 42.1 Å². The van der Waals surface area contributed by atoms with Crippen molar-refractivity contribution in [3.63, 3.8) is 0 Å². The Bertz CT molecular complexity index is 1130. The highest BCUT2D eigenvalue weighted by molar-refractivity contribution is 7.99. The molecule has 3 rings (SSSR count). The molecular formula is C19H22N4O4S2. The minimum Gasteiger partial charge on any atom is -0.430 e. The lowest BCUT2D eigenvalue weighted by molar-refractivity contribution is -0.113. The predicted octanol–water partition coefficient (Wildman–Crippen LogP) is 3.34. The number of sulfonamides is 1. The molecule has 2 heterocycles. The summed E-state index contributed by atoms with van der Waals surface area (Å²) in [5.41, 5.74) is 1.83. The maximum atomic E-state index is 12.3. The minimum absolute atomic E-state index is 0.0947. The van der Waals surface area contributed by atoms with Gasteiger partial charge in [-0.1, -0.05) is 11.8 Å². The highest BCUT2D eigenvalue weighted by Crippen LogP contribution is 2.23. The van der Waals surface area contributed by atoms with Gasteiger partial charge in [0.1, 0.15) is 0 Å². The number of fused-ring (bicyclic) bond motifs is 1. The van der Waals surface area contributed by atoms with Gasteiger partial charge in [0.2, 0.25) is 15.9 Å². The monoisotopic (exact) mass is 434 g/mol. The second-order valence-corrected chi connectivity index (χ2v) is 10.1. The SMILES string of the molecule is Cc1ccc2oc(SCC(=O)Nc3ccc(S(=O)(=O)NC(C)(C)C)cc3)nc2n1. The van der Waals surface area contributed by atoms with Crippen molar-refractivity contribution in [3.8, 4) is 0 Å². The van der Waals surface area contributed by atoms with Gasteiger partial charge < -0.3 is 9.73 Å². The molecule has 0 spiro atoms. The molecule has 0 aliphatic carbocycles. The summed E-state index contributed by atoms with van der Waals surface area (Å²) in [6.07, 6.45) is 0. The van der Waals surface area contributed by atoms with Crippen molar-refractivity contribution < 1.29 is 17.6 Å². The Morgan fingerprint density at radius 2 is 1.79 bits per heavy atom. The summed E-state index contributed by atoms with van der Waals surface area (Å²) in [6.45, 7) is 7.17. The average molecular weight is 435 g/mol. The number of benzene rings is 1. The molecule has 2 aromatic heterocycles. The molecule has 1 amide bonds. The van der Waals surface area contributed by atoms with E-state index < -0.39 is 15.6 Å². The molecule has 29 heavy (non-hydrogen) atoms. The molecule has 10 heteroatoms. The van der Waals surface area contributed by atoms with Crippen LogP contribution in [0, 0.1) is 6.92 Å². The van der Waals surface area contributed by atoms with Crippen LogP contribution in [-0.4, -0.2) is 35.6 Å². The Morgan fingerprint density at radius 1 is 1.10 bits per heavy atom. The smallest absolute Gasteiger partial charge is 0.258 e. The third-order valence-electron chi connectivity index (χ3n) is 3.59. The van der Waals surface area contributed by atoms with Crippen LogP contribution >= 0.6 is 11.8 Å². The zero-order valence-electron chi connectivity index (χ0n) is 16.5. The first kappa shape index (κ1) is 21.3. The van der Waals surface area contributed by atoms with Crippen molar-refractivity contribution >= 4 is 44.6 Å². The highest BCUT2D eigenvalue weighted by atomic mass is 32.2. The van der Waals surface area contributed by atoms with Crippen LogP contribution in [0.4, 0.5) is 5.69 Å². The maximum Gasteiger partial charge on any atom is 0.258 e. The number of carbonyl (C=O) groups is 1. The second-order valence-electron chi connectivity index (χ2n) is 7.47. The minimum atomic E-state index is -3.62. The van der Waals surface area contributed by atoms with Gasteiger partial charge in [-0.25, -0.2) is 18.1 Å². The molecule has 0 atom stereocenters. The number of aromatic nitrogens is 2. The topological polar surface area (TPSA) is 114 Å². The normalized spacial score (nSPS) is 12.3. The van der Waals surface area contributed by atoms with Crippen LogP contribution < -0.4 is 10.0 Å². The van der Waals surface area contributed by atoms with Gasteiger partial charge in [0.05, 0.1) is 10.6 Å². The number of nitrogens with zero attached hydrogens (tertiary/aromatic N) is 2. The molecule has 154 valence electrons. The van der Waals surface area contributed by atoms with Crippen LogP contribution in [0.15, 0.2) is 50.9 Å². The van der Waals surface area contributed by atoms with Gasteiger partial charge in [0.25, 0.3) is 5.22 Å². The summed E-state index contributed by atoms with van der Waals surface area (Å²) in [7, 11) is -3.62. The number of pyridine rings is 1. The molecule has 0 fully saturated rings. The summed E-state index contributed by atoms with van der Waals surface area (Å²) in [4.78, 5) is 20.8. The van der Waals surface area contributed by atoms with Crippen LogP contribution in [0.25, 0.3) is 11.2 Å². The first-order valence-corrected chi connectivity index (χ1v) is 11.3. The zero-order valence-corrected chi connectivity index (χ0v) is 18.1. The number of aryl methyl sites for hydroxylation is 1. The molecule has 0 aliphatic heterocycles. The number of hydrogen-bond donors (Lipinski definition) is 2. The summed E-state index contributed by atoms with van der Waals surface area (Å²) < 4.78 is 32.8. The fourth-order valence-electron chi connectivity index (χ4n) is 2.46. The van der Waals surface area contributed by atoms with E-state index >= 15 is 0 Å². The van der Waals surface area contributed by atoms with E-state index in [0.29, 0.717) is 22.1 Å². The van der Waals surface area contributed by atoms with Crippen LogP contribution in [0.3, 0.4) is 0 Å². The van der Waals surface area contributed by atoms with Crippen molar-refractivity contribution in [1.29, 1.82) is 0 Å². The lowest BCUT2D eigenvalue weighted by Crippen LogP contribution is -2.40. The van der Waals surface area contributed by atoms with E-state index in [1.165, 1.54) is 12.1 Å². The summed E-state index contributed by atoms with van der Waals surface area (Å²) in [5.74, 6) is -0.165. The standard InChI is InChI=1S/C19H22N4O4S2/c1-12-5-10-15-17(20-12)22-18(27-15)28-11-16(24)21-13-6-8-14(9-7-13)29(25,26)23-19(2,3)4/h5-10,23H,11H2,1-4H3,(H,21,24). The second kappa shape index (κ2) is 8.13. The molecule has 3 aromatic rings. The summed E-state index contributed by atoms with van der Waals surface area (Å²) in [6, 6.07) is 9.61. The number of rotatable bonds is 6. The van der Waals surface area contributed by atoms with Crippen LogP contribution in [0.2, 0.25) is 0 Å². The third kappa shape index (κ3) is 5.78. The molecule has 0 saturated carbocycles. The van der Waals surface area contributed by atoms with Gasteiger partial charge in [-0.3, -0.25) is 4.79 Å². The zero-order chi connectivity index (χ0) is 21.2. The molecule has 0 bridgehead atoms. The molecule has 2 N–H and O–H groups in total. The maximum absolute atomic E-state index is 12.3. The number of thioether (sulfide) groups is 1. The van der Waals surface area contributed by atoms with Crippen molar-refractivity contribution in [2.75, 3.05) is 11.1 Å². The number of nitrogens with one attached hydrogen (secondary N) is 2.